The molecule has 2 aromatic carbocycles. The molecule has 0 atom stereocenters. The summed E-state index contributed by atoms with van der Waals surface area (Å²) in [5, 5.41) is 1.97. The van der Waals surface area contributed by atoms with Gasteiger partial charge in [0.15, 0.2) is 5.75 Å². The van der Waals surface area contributed by atoms with E-state index in [-0.39, 0.29) is 21.4 Å². The molecule has 0 radical (unpaired) electrons. The van der Waals surface area contributed by atoms with Crippen LogP contribution < -0.4 is 20.7 Å². The van der Waals surface area contributed by atoms with E-state index < -0.39 is 6.67 Å². The number of nitrogens with zero attached hydrogens (tertiary/aromatic N) is 3. The number of aliphatic imine (C=N–C) groups is 1. The zero-order chi connectivity index (χ0) is 21.1. The largest absolute Gasteiger partial charge is 0.453 e. The fraction of sp³-hybridized carbons (Fsp3) is 0.0476. The lowest BCUT2D eigenvalue weighted by Gasteiger charge is -2.25. The summed E-state index contributed by atoms with van der Waals surface area (Å²) in [6.45, 7) is -0.687. The van der Waals surface area contributed by atoms with E-state index in [1.807, 2.05) is 30.3 Å². The topological polar surface area (TPSA) is 58.9 Å². The van der Waals surface area contributed by atoms with E-state index in [0.717, 1.165) is 0 Å². The molecule has 0 fully saturated rings. The average Bonchev–Trinajstić information content (AvgIpc) is 2.78. The van der Waals surface area contributed by atoms with Gasteiger partial charge in [0.25, 0.3) is 5.56 Å². The van der Waals surface area contributed by atoms with Crippen molar-refractivity contribution in [2.75, 3.05) is 11.7 Å². The number of aromatic nitrogens is 1. The second kappa shape index (κ2) is 8.61. The average molecular weight is 445 g/mol. The first-order valence-corrected chi connectivity index (χ1v) is 9.60. The molecule has 0 unspecified atom stereocenters. The standard InChI is InChI=1S/C21H15Cl2FN4O2/c22-18-8-16(28-13-25-11-14(10-24)26-28)9-19(23)21(18)30-17-6-7-20(29)27(12-17)15-4-2-1-3-5-15/h1-9,11-13,26H,10H2. The zero-order valence-corrected chi connectivity index (χ0v) is 16.9. The third-order valence-corrected chi connectivity index (χ3v) is 4.78. The quantitative estimate of drug-likeness (QED) is 0.594. The Bertz CT molecular complexity index is 1170. The second-order valence-corrected chi connectivity index (χ2v) is 7.10. The van der Waals surface area contributed by atoms with E-state index >= 15 is 0 Å². The SMILES string of the molecule is O=c1ccc(Oc2c(Cl)cc(N3C=NC=C(CF)N3)cc2Cl)cn1-c1ccccc1. The number of alkyl halides is 1. The van der Waals surface area contributed by atoms with Gasteiger partial charge in [0.05, 0.1) is 33.8 Å². The van der Waals surface area contributed by atoms with E-state index in [1.165, 1.54) is 28.2 Å². The van der Waals surface area contributed by atoms with Gasteiger partial charge in [0, 0.05) is 11.8 Å². The summed E-state index contributed by atoms with van der Waals surface area (Å²) < 4.78 is 20.2. The van der Waals surface area contributed by atoms with Crippen molar-refractivity contribution in [1.29, 1.82) is 0 Å². The first-order valence-electron chi connectivity index (χ1n) is 8.84. The number of pyridine rings is 1. The van der Waals surface area contributed by atoms with E-state index in [4.69, 9.17) is 27.9 Å². The van der Waals surface area contributed by atoms with E-state index in [1.54, 1.807) is 24.4 Å². The first-order chi connectivity index (χ1) is 14.5. The minimum Gasteiger partial charge on any atom is -0.453 e. The fourth-order valence-electron chi connectivity index (χ4n) is 2.82. The van der Waals surface area contributed by atoms with Crippen molar-refractivity contribution < 1.29 is 9.13 Å². The summed E-state index contributed by atoms with van der Waals surface area (Å²) in [7, 11) is 0. The number of ether oxygens (including phenoxy) is 1. The predicted molar refractivity (Wildman–Crippen MR) is 117 cm³/mol. The van der Waals surface area contributed by atoms with Crippen molar-refractivity contribution in [2.45, 2.75) is 0 Å². The number of para-hydroxylation sites is 1. The number of hydrazine groups is 1. The molecule has 0 saturated carbocycles. The summed E-state index contributed by atoms with van der Waals surface area (Å²) >= 11 is 12.8. The molecule has 0 spiro atoms. The molecule has 6 nitrogen and oxygen atoms in total. The van der Waals surface area contributed by atoms with Crippen LogP contribution >= 0.6 is 23.2 Å². The summed E-state index contributed by atoms with van der Waals surface area (Å²) in [6.07, 6.45) is 4.42. The molecule has 0 amide bonds. The summed E-state index contributed by atoms with van der Waals surface area (Å²) in [6, 6.07) is 15.3. The third-order valence-electron chi connectivity index (χ3n) is 4.22. The van der Waals surface area contributed by atoms with Gasteiger partial charge in [-0.3, -0.25) is 14.8 Å². The highest BCUT2D eigenvalue weighted by molar-refractivity contribution is 6.37. The van der Waals surface area contributed by atoms with E-state index in [2.05, 4.69) is 10.4 Å². The van der Waals surface area contributed by atoms with Gasteiger partial charge in [-0.1, -0.05) is 41.4 Å². The molecule has 0 aliphatic carbocycles. The van der Waals surface area contributed by atoms with Crippen molar-refractivity contribution in [3.05, 3.63) is 93.1 Å². The minimum absolute atomic E-state index is 0.201. The summed E-state index contributed by atoms with van der Waals surface area (Å²) in [5.41, 5.74) is 4.20. The second-order valence-electron chi connectivity index (χ2n) is 6.28. The molecule has 30 heavy (non-hydrogen) atoms. The fourth-order valence-corrected chi connectivity index (χ4v) is 3.37. The smallest absolute Gasteiger partial charge is 0.255 e. The molecule has 3 aromatic rings. The third kappa shape index (κ3) is 4.17. The van der Waals surface area contributed by atoms with Crippen LogP contribution in [0.3, 0.4) is 0 Å². The van der Waals surface area contributed by atoms with Crippen LogP contribution in [0.1, 0.15) is 0 Å². The van der Waals surface area contributed by atoms with Crippen LogP contribution in [-0.4, -0.2) is 17.6 Å². The molecule has 1 aliphatic heterocycles. The van der Waals surface area contributed by atoms with Crippen molar-refractivity contribution in [3.63, 3.8) is 0 Å². The number of halogens is 3. The van der Waals surface area contributed by atoms with Gasteiger partial charge in [0.2, 0.25) is 0 Å². The Morgan fingerprint density at radius 1 is 1.03 bits per heavy atom. The van der Waals surface area contributed by atoms with E-state index in [0.29, 0.717) is 22.8 Å². The lowest BCUT2D eigenvalue weighted by atomic mass is 10.3. The van der Waals surface area contributed by atoms with E-state index in [9.17, 15) is 9.18 Å². The number of hydrogen-bond acceptors (Lipinski definition) is 5. The lowest BCUT2D eigenvalue weighted by molar-refractivity contribution is 0.478. The van der Waals surface area contributed by atoms with Crippen LogP contribution in [0, 0.1) is 0 Å². The molecule has 0 saturated heterocycles. The summed E-state index contributed by atoms with van der Waals surface area (Å²) in [4.78, 5) is 16.2. The van der Waals surface area contributed by atoms with Gasteiger partial charge >= 0.3 is 0 Å². The van der Waals surface area contributed by atoms with Crippen LogP contribution in [0.2, 0.25) is 10.0 Å². The van der Waals surface area contributed by atoms with Gasteiger partial charge in [-0.05, 0) is 30.3 Å². The first kappa shape index (κ1) is 20.0. The molecular weight excluding hydrogens is 430 g/mol. The molecule has 9 heteroatoms. The predicted octanol–water partition coefficient (Wildman–Crippen LogP) is 5.10. The highest BCUT2D eigenvalue weighted by atomic mass is 35.5. The molecule has 1 N–H and O–H groups in total. The van der Waals surface area contributed by atoms with Crippen molar-refractivity contribution in [1.82, 2.24) is 9.99 Å². The van der Waals surface area contributed by atoms with Crippen molar-refractivity contribution in [2.24, 2.45) is 4.99 Å². The molecular formula is C21H15Cl2FN4O2. The molecule has 2 heterocycles. The highest BCUT2D eigenvalue weighted by Gasteiger charge is 2.16. The number of benzene rings is 2. The Balaban J connectivity index is 1.62. The van der Waals surface area contributed by atoms with Gasteiger partial charge in [-0.25, -0.2) is 14.4 Å². The molecule has 1 aliphatic rings. The highest BCUT2D eigenvalue weighted by Crippen LogP contribution is 2.39. The zero-order valence-electron chi connectivity index (χ0n) is 15.4. The normalized spacial score (nSPS) is 13.0. The molecule has 1 aromatic heterocycles. The van der Waals surface area contributed by atoms with Crippen LogP contribution in [0.25, 0.3) is 5.69 Å². The molecule has 0 bridgehead atoms. The van der Waals surface area contributed by atoms with Crippen LogP contribution in [-0.2, 0) is 0 Å². The maximum atomic E-state index is 12.9. The van der Waals surface area contributed by atoms with Crippen LogP contribution in [0.4, 0.5) is 10.1 Å². The number of nitrogens with one attached hydrogen (secondary N) is 1. The Morgan fingerprint density at radius 2 is 1.77 bits per heavy atom. The van der Waals surface area contributed by atoms with Gasteiger partial charge in [-0.15, -0.1) is 0 Å². The van der Waals surface area contributed by atoms with Crippen molar-refractivity contribution >= 4 is 35.2 Å². The van der Waals surface area contributed by atoms with Gasteiger partial charge < -0.3 is 4.74 Å². The summed E-state index contributed by atoms with van der Waals surface area (Å²) in [5.74, 6) is 0.617. The van der Waals surface area contributed by atoms with Crippen LogP contribution in [0.15, 0.2) is 82.5 Å². The Morgan fingerprint density at radius 3 is 2.47 bits per heavy atom. The van der Waals surface area contributed by atoms with Crippen LogP contribution in [0.5, 0.6) is 11.5 Å². The van der Waals surface area contributed by atoms with Gasteiger partial charge in [-0.2, -0.15) is 0 Å². The number of allylic oxidation sites excluding steroid dienone is 1. The Hall–Kier alpha value is -3.29. The maximum Gasteiger partial charge on any atom is 0.255 e. The number of anilines is 1. The Kier molecular flexibility index (Phi) is 5.74. The number of hydrogen-bond donors (Lipinski definition) is 1. The lowest BCUT2D eigenvalue weighted by Crippen LogP contribution is -2.38. The van der Waals surface area contributed by atoms with Gasteiger partial charge in [0.1, 0.15) is 18.8 Å². The monoisotopic (exact) mass is 444 g/mol. The van der Waals surface area contributed by atoms with Crippen molar-refractivity contribution in [3.8, 4) is 17.2 Å². The number of rotatable bonds is 5. The Labute approximate surface area is 181 Å². The molecule has 4 rings (SSSR count). The molecule has 152 valence electrons. The minimum atomic E-state index is -0.687. The maximum absolute atomic E-state index is 12.9.